The number of nitrogens with zero attached hydrogens (tertiary/aromatic N) is 3. The molecule has 0 aliphatic rings. The number of hydrogen-bond donors (Lipinski definition) is 2. The van der Waals surface area contributed by atoms with E-state index in [1.807, 2.05) is 0 Å². The van der Waals surface area contributed by atoms with E-state index in [9.17, 15) is 18.0 Å². The lowest BCUT2D eigenvalue weighted by Crippen LogP contribution is -2.15. The summed E-state index contributed by atoms with van der Waals surface area (Å²) in [4.78, 5) is 12.2. The number of halogens is 3. The highest BCUT2D eigenvalue weighted by atomic mass is 19.4. The monoisotopic (exact) mass is 355 g/mol. The second-order valence-corrected chi connectivity index (χ2v) is 6.12. The molecule has 0 unspecified atom stereocenters. The number of aromatic nitrogens is 3. The molecule has 1 aromatic heterocycles. The molecule has 136 valence electrons. The van der Waals surface area contributed by atoms with Crippen LogP contribution in [0.4, 0.5) is 18.9 Å². The fraction of sp³-hybridized carbons (Fsp3) is 0.438. The van der Waals surface area contributed by atoms with E-state index in [4.69, 9.17) is 5.73 Å². The quantitative estimate of drug-likeness (QED) is 0.834. The van der Waals surface area contributed by atoms with Crippen LogP contribution in [0, 0.1) is 5.92 Å². The van der Waals surface area contributed by atoms with Crippen LogP contribution in [0.5, 0.6) is 0 Å². The van der Waals surface area contributed by atoms with Gasteiger partial charge in [0.2, 0.25) is 0 Å². The third kappa shape index (κ3) is 5.28. The van der Waals surface area contributed by atoms with Crippen molar-refractivity contribution in [3.8, 4) is 0 Å². The van der Waals surface area contributed by atoms with Crippen LogP contribution in [0.15, 0.2) is 24.4 Å². The van der Waals surface area contributed by atoms with Crippen LogP contribution in [-0.2, 0) is 19.3 Å². The maximum Gasteiger partial charge on any atom is 0.416 e. The highest BCUT2D eigenvalue weighted by Gasteiger charge is 2.31. The van der Waals surface area contributed by atoms with Gasteiger partial charge < -0.3 is 11.1 Å². The first-order valence-corrected chi connectivity index (χ1v) is 7.81. The third-order valence-corrected chi connectivity index (χ3v) is 3.52. The van der Waals surface area contributed by atoms with Crippen molar-refractivity contribution in [2.75, 3.05) is 5.32 Å². The van der Waals surface area contributed by atoms with Gasteiger partial charge in [0, 0.05) is 18.8 Å². The smallest absolute Gasteiger partial charge is 0.326 e. The number of aryl methyl sites for hydroxylation is 1. The molecule has 1 aromatic carbocycles. The average Bonchev–Trinajstić information content (AvgIpc) is 3.00. The molecule has 3 N–H and O–H groups in total. The van der Waals surface area contributed by atoms with Crippen molar-refractivity contribution in [2.24, 2.45) is 11.7 Å². The Labute approximate surface area is 143 Å². The molecule has 0 saturated heterocycles. The zero-order chi connectivity index (χ0) is 18.6. The number of nitrogens with two attached hydrogens (primary N) is 1. The SMILES string of the molecule is CC(C)CCn1cc(C(=O)Nc2cc(CN)cc(C(F)(F)F)c2)nn1. The second kappa shape index (κ2) is 7.64. The Balaban J connectivity index is 2.15. The maximum atomic E-state index is 12.9. The van der Waals surface area contributed by atoms with Gasteiger partial charge in [-0.3, -0.25) is 9.48 Å². The van der Waals surface area contributed by atoms with E-state index in [1.165, 1.54) is 16.9 Å². The Hall–Kier alpha value is -2.42. The standard InChI is InChI=1S/C16H20F3N5O/c1-10(2)3-4-24-9-14(22-23-24)15(25)21-13-6-11(8-20)5-12(7-13)16(17,18)19/h5-7,9-10H,3-4,8,20H2,1-2H3,(H,21,25). The molecule has 0 atom stereocenters. The van der Waals surface area contributed by atoms with Gasteiger partial charge in [-0.2, -0.15) is 13.2 Å². The lowest BCUT2D eigenvalue weighted by Gasteiger charge is -2.12. The largest absolute Gasteiger partial charge is 0.416 e. The van der Waals surface area contributed by atoms with E-state index in [2.05, 4.69) is 29.5 Å². The van der Waals surface area contributed by atoms with Crippen molar-refractivity contribution >= 4 is 11.6 Å². The summed E-state index contributed by atoms with van der Waals surface area (Å²) < 4.78 is 40.3. The Morgan fingerprint density at radius 2 is 2.04 bits per heavy atom. The van der Waals surface area contributed by atoms with Crippen molar-refractivity contribution in [2.45, 2.75) is 39.5 Å². The van der Waals surface area contributed by atoms with Crippen LogP contribution in [0.3, 0.4) is 0 Å². The lowest BCUT2D eigenvalue weighted by atomic mass is 10.1. The van der Waals surface area contributed by atoms with E-state index in [1.54, 1.807) is 0 Å². The van der Waals surface area contributed by atoms with Gasteiger partial charge >= 0.3 is 6.18 Å². The molecule has 0 fully saturated rings. The summed E-state index contributed by atoms with van der Waals surface area (Å²) in [6, 6.07) is 3.22. The number of carbonyl (C=O) groups excluding carboxylic acids is 1. The van der Waals surface area contributed by atoms with E-state index in [-0.39, 0.29) is 23.5 Å². The van der Waals surface area contributed by atoms with Gasteiger partial charge in [-0.05, 0) is 36.1 Å². The van der Waals surface area contributed by atoms with Crippen LogP contribution < -0.4 is 11.1 Å². The number of benzene rings is 1. The zero-order valence-electron chi connectivity index (χ0n) is 14.0. The molecule has 1 amide bonds. The van der Waals surface area contributed by atoms with Gasteiger partial charge in [-0.15, -0.1) is 5.10 Å². The van der Waals surface area contributed by atoms with E-state index in [0.717, 1.165) is 18.6 Å². The van der Waals surface area contributed by atoms with Crippen LogP contribution in [-0.4, -0.2) is 20.9 Å². The van der Waals surface area contributed by atoms with Crippen molar-refractivity contribution in [1.82, 2.24) is 15.0 Å². The van der Waals surface area contributed by atoms with Crippen molar-refractivity contribution in [3.05, 3.63) is 41.2 Å². The van der Waals surface area contributed by atoms with Gasteiger partial charge in [-0.25, -0.2) is 0 Å². The van der Waals surface area contributed by atoms with E-state index >= 15 is 0 Å². The Morgan fingerprint density at radius 1 is 1.32 bits per heavy atom. The lowest BCUT2D eigenvalue weighted by molar-refractivity contribution is -0.137. The Morgan fingerprint density at radius 3 is 2.64 bits per heavy atom. The van der Waals surface area contributed by atoms with Crippen LogP contribution in [0.1, 0.15) is 41.9 Å². The second-order valence-electron chi connectivity index (χ2n) is 6.12. The van der Waals surface area contributed by atoms with Crippen LogP contribution >= 0.6 is 0 Å². The molecule has 2 aromatic rings. The first-order chi connectivity index (χ1) is 11.7. The molecule has 0 saturated carbocycles. The highest BCUT2D eigenvalue weighted by molar-refractivity contribution is 6.02. The van der Waals surface area contributed by atoms with Crippen molar-refractivity contribution in [1.29, 1.82) is 0 Å². The minimum Gasteiger partial charge on any atom is -0.326 e. The number of nitrogens with one attached hydrogen (secondary N) is 1. The molecule has 6 nitrogen and oxygen atoms in total. The minimum absolute atomic E-state index is 0.0111. The number of alkyl halides is 3. The average molecular weight is 355 g/mol. The predicted molar refractivity (Wildman–Crippen MR) is 86.8 cm³/mol. The van der Waals surface area contributed by atoms with Crippen molar-refractivity contribution in [3.63, 3.8) is 0 Å². The molecule has 0 radical (unpaired) electrons. The molecule has 0 bridgehead atoms. The molecule has 0 spiro atoms. The molecule has 0 aliphatic carbocycles. The number of hydrogen-bond acceptors (Lipinski definition) is 4. The summed E-state index contributed by atoms with van der Waals surface area (Å²) in [6.45, 7) is 4.66. The van der Waals surface area contributed by atoms with Gasteiger partial charge in [0.1, 0.15) is 0 Å². The topological polar surface area (TPSA) is 85.8 Å². The van der Waals surface area contributed by atoms with Gasteiger partial charge in [0.05, 0.1) is 11.8 Å². The summed E-state index contributed by atoms with van der Waals surface area (Å²) in [7, 11) is 0. The van der Waals surface area contributed by atoms with Crippen LogP contribution in [0.25, 0.3) is 0 Å². The fourth-order valence-electron chi connectivity index (χ4n) is 2.14. The third-order valence-electron chi connectivity index (χ3n) is 3.52. The van der Waals surface area contributed by atoms with E-state index in [0.29, 0.717) is 12.5 Å². The molecule has 9 heteroatoms. The minimum atomic E-state index is -4.52. The molecular weight excluding hydrogens is 335 g/mol. The van der Waals surface area contributed by atoms with Gasteiger partial charge in [-0.1, -0.05) is 19.1 Å². The van der Waals surface area contributed by atoms with Gasteiger partial charge in [0.25, 0.3) is 5.91 Å². The normalized spacial score (nSPS) is 11.8. The number of anilines is 1. The Bertz CT molecular complexity index is 740. The molecule has 2 rings (SSSR count). The summed E-state index contributed by atoms with van der Waals surface area (Å²) in [5.74, 6) is -0.153. The maximum absolute atomic E-state index is 12.9. The Kier molecular flexibility index (Phi) is 5.78. The number of carbonyl (C=O) groups is 1. The summed E-state index contributed by atoms with van der Waals surface area (Å²) in [5, 5.41) is 10.0. The van der Waals surface area contributed by atoms with Gasteiger partial charge in [0.15, 0.2) is 5.69 Å². The summed E-state index contributed by atoms with van der Waals surface area (Å²) >= 11 is 0. The fourth-order valence-corrected chi connectivity index (χ4v) is 2.14. The van der Waals surface area contributed by atoms with Crippen LogP contribution in [0.2, 0.25) is 0 Å². The van der Waals surface area contributed by atoms with E-state index < -0.39 is 17.6 Å². The molecule has 0 aliphatic heterocycles. The molecule has 1 heterocycles. The summed E-state index contributed by atoms with van der Waals surface area (Å²) in [5.41, 5.74) is 4.88. The zero-order valence-corrected chi connectivity index (χ0v) is 14.0. The molecular formula is C16H20F3N5O. The first kappa shape index (κ1) is 18.9. The molecule has 25 heavy (non-hydrogen) atoms. The first-order valence-electron chi connectivity index (χ1n) is 7.81. The highest BCUT2D eigenvalue weighted by Crippen LogP contribution is 2.32. The van der Waals surface area contributed by atoms with Crippen molar-refractivity contribution < 1.29 is 18.0 Å². The predicted octanol–water partition coefficient (Wildman–Crippen LogP) is 3.05. The summed E-state index contributed by atoms with van der Waals surface area (Å²) in [6.07, 6.45) is -2.18. The number of rotatable bonds is 6. The number of amides is 1.